The second-order valence-corrected chi connectivity index (χ2v) is 6.13. The van der Waals surface area contributed by atoms with E-state index in [0.717, 1.165) is 11.3 Å². The summed E-state index contributed by atoms with van der Waals surface area (Å²) in [5.74, 6) is -4.26. The van der Waals surface area contributed by atoms with Crippen molar-refractivity contribution in [2.45, 2.75) is 11.9 Å². The number of thiophene rings is 1. The number of carbonyl (C=O) groups excluding carboxylic acids is 1. The minimum atomic E-state index is -5.09. The Morgan fingerprint density at radius 2 is 2.00 bits per heavy atom. The molecule has 0 fully saturated rings. The molecule has 0 bridgehead atoms. The highest BCUT2D eigenvalue weighted by atomic mass is 32.2. The number of rotatable bonds is 4. The van der Waals surface area contributed by atoms with E-state index in [1.165, 1.54) is 6.07 Å². The van der Waals surface area contributed by atoms with E-state index in [1.807, 2.05) is 0 Å². The molecule has 0 saturated carbocycles. The van der Waals surface area contributed by atoms with Crippen molar-refractivity contribution in [3.8, 4) is 0 Å². The highest BCUT2D eigenvalue weighted by Crippen LogP contribution is 2.19. The molecule has 0 saturated heterocycles. The number of halogens is 3. The number of hydrogen-bond donors (Lipinski definition) is 0. The molecule has 3 nitrogen and oxygen atoms in total. The molecule has 0 unspecified atom stereocenters. The van der Waals surface area contributed by atoms with Crippen LogP contribution < -0.4 is 0 Å². The number of Topliss-reactive ketones (excluding diaryl/α,β-unsaturated/α-hetero) is 1. The molecule has 1 rings (SSSR count). The fraction of sp³-hybridized carbons (Fsp3) is 0.375. The maximum absolute atomic E-state index is 11.8. The third-order valence-corrected chi connectivity index (χ3v) is 4.12. The number of hydrogen-bond acceptors (Lipinski definition) is 4. The number of ketones is 1. The highest BCUT2D eigenvalue weighted by Gasteiger charge is 2.40. The Labute approximate surface area is 93.8 Å². The molecule has 1 aromatic rings. The molecule has 0 aromatic carbocycles. The van der Waals surface area contributed by atoms with E-state index in [1.54, 1.807) is 11.4 Å². The fourth-order valence-corrected chi connectivity index (χ4v) is 3.44. The zero-order chi connectivity index (χ0) is 12.4. The first-order chi connectivity index (χ1) is 7.21. The summed E-state index contributed by atoms with van der Waals surface area (Å²) in [5.41, 5.74) is 0. The van der Waals surface area contributed by atoms with Crippen molar-refractivity contribution in [1.82, 2.24) is 0 Å². The van der Waals surface area contributed by atoms with Gasteiger partial charge in [0.2, 0.25) is 0 Å². The number of alkyl halides is 3. The van der Waals surface area contributed by atoms with Gasteiger partial charge in [-0.3, -0.25) is 4.79 Å². The van der Waals surface area contributed by atoms with Crippen molar-refractivity contribution in [2.75, 3.05) is 5.75 Å². The van der Waals surface area contributed by atoms with E-state index in [2.05, 4.69) is 0 Å². The van der Waals surface area contributed by atoms with Crippen molar-refractivity contribution in [3.05, 3.63) is 22.4 Å². The molecule has 0 radical (unpaired) electrons. The Hall–Kier alpha value is -0.890. The van der Waals surface area contributed by atoms with Gasteiger partial charge in [0.1, 0.15) is 5.75 Å². The summed E-state index contributed by atoms with van der Waals surface area (Å²) < 4.78 is 58.0. The second-order valence-electron chi connectivity index (χ2n) is 3.03. The molecule has 0 aliphatic carbocycles. The minimum Gasteiger partial charge on any atom is -0.288 e. The van der Waals surface area contributed by atoms with Crippen molar-refractivity contribution in [3.63, 3.8) is 0 Å². The monoisotopic (exact) mass is 272 g/mol. The van der Waals surface area contributed by atoms with Gasteiger partial charge in [-0.15, -0.1) is 11.3 Å². The van der Waals surface area contributed by atoms with Crippen molar-refractivity contribution in [1.29, 1.82) is 0 Å². The van der Waals surface area contributed by atoms with Crippen LogP contribution in [0.1, 0.15) is 4.88 Å². The average molecular weight is 272 g/mol. The highest BCUT2D eigenvalue weighted by molar-refractivity contribution is 7.91. The molecule has 0 amide bonds. The van der Waals surface area contributed by atoms with Gasteiger partial charge in [-0.05, 0) is 11.4 Å². The summed E-state index contributed by atoms with van der Waals surface area (Å²) in [5, 5.41) is 1.61. The van der Waals surface area contributed by atoms with Crippen LogP contribution in [0.15, 0.2) is 17.5 Å². The molecule has 0 aliphatic rings. The summed E-state index contributed by atoms with van der Waals surface area (Å²) in [6.45, 7) is 0. The Kier molecular flexibility index (Phi) is 3.74. The molecular formula is C8H7F3O3S2. The Morgan fingerprint density at radius 1 is 1.38 bits per heavy atom. The zero-order valence-corrected chi connectivity index (χ0v) is 9.45. The lowest BCUT2D eigenvalue weighted by Gasteiger charge is -2.05. The van der Waals surface area contributed by atoms with E-state index >= 15 is 0 Å². The SMILES string of the molecule is O=C(CS(=O)(=O)Cc1cccs1)C(F)(F)F. The summed E-state index contributed by atoms with van der Waals surface area (Å²) in [6.07, 6.45) is -5.09. The Bertz CT molecular complexity index is 459. The summed E-state index contributed by atoms with van der Waals surface area (Å²) in [4.78, 5) is 10.9. The summed E-state index contributed by atoms with van der Waals surface area (Å²) in [6, 6.07) is 3.07. The van der Waals surface area contributed by atoms with Crippen LogP contribution in [0.5, 0.6) is 0 Å². The topological polar surface area (TPSA) is 51.2 Å². The molecule has 0 aliphatic heterocycles. The quantitative estimate of drug-likeness (QED) is 0.839. The van der Waals surface area contributed by atoms with E-state index in [9.17, 15) is 26.4 Å². The molecule has 0 atom stereocenters. The van der Waals surface area contributed by atoms with Crippen LogP contribution in [0.4, 0.5) is 13.2 Å². The van der Waals surface area contributed by atoms with Gasteiger partial charge in [0.05, 0.1) is 5.75 Å². The van der Waals surface area contributed by atoms with Crippen LogP contribution >= 0.6 is 11.3 Å². The largest absolute Gasteiger partial charge is 0.451 e. The lowest BCUT2D eigenvalue weighted by Crippen LogP contribution is -2.30. The van der Waals surface area contributed by atoms with Crippen LogP contribution in [0.2, 0.25) is 0 Å². The van der Waals surface area contributed by atoms with Gasteiger partial charge < -0.3 is 0 Å². The Balaban J connectivity index is 2.70. The van der Waals surface area contributed by atoms with Crippen LogP contribution in [-0.4, -0.2) is 26.1 Å². The van der Waals surface area contributed by atoms with Gasteiger partial charge in [-0.2, -0.15) is 13.2 Å². The molecule has 8 heteroatoms. The first kappa shape index (κ1) is 13.2. The van der Waals surface area contributed by atoms with Crippen LogP contribution in [0.25, 0.3) is 0 Å². The van der Waals surface area contributed by atoms with Crippen molar-refractivity contribution in [2.24, 2.45) is 0 Å². The maximum atomic E-state index is 11.8. The van der Waals surface area contributed by atoms with E-state index in [-0.39, 0.29) is 0 Å². The smallest absolute Gasteiger partial charge is 0.288 e. The maximum Gasteiger partial charge on any atom is 0.451 e. The van der Waals surface area contributed by atoms with Crippen LogP contribution in [0.3, 0.4) is 0 Å². The molecule has 0 spiro atoms. The summed E-state index contributed by atoms with van der Waals surface area (Å²) in [7, 11) is -4.05. The molecular weight excluding hydrogens is 265 g/mol. The van der Waals surface area contributed by atoms with E-state index in [0.29, 0.717) is 4.88 Å². The lowest BCUT2D eigenvalue weighted by atomic mass is 10.4. The zero-order valence-electron chi connectivity index (χ0n) is 7.82. The lowest BCUT2D eigenvalue weighted by molar-refractivity contribution is -0.168. The van der Waals surface area contributed by atoms with Gasteiger partial charge in [-0.1, -0.05) is 6.07 Å². The summed E-state index contributed by atoms with van der Waals surface area (Å²) >= 11 is 1.11. The number of sulfone groups is 1. The van der Waals surface area contributed by atoms with Crippen molar-refractivity contribution >= 4 is 27.0 Å². The number of carbonyl (C=O) groups is 1. The molecule has 0 N–H and O–H groups in total. The third kappa shape index (κ3) is 3.93. The predicted octanol–water partition coefficient (Wildman–Crippen LogP) is 1.79. The van der Waals surface area contributed by atoms with Crippen LogP contribution in [-0.2, 0) is 20.4 Å². The Morgan fingerprint density at radius 3 is 2.44 bits per heavy atom. The van der Waals surface area contributed by atoms with Gasteiger partial charge in [0.25, 0.3) is 5.78 Å². The van der Waals surface area contributed by atoms with Gasteiger partial charge >= 0.3 is 6.18 Å². The van der Waals surface area contributed by atoms with Gasteiger partial charge in [0, 0.05) is 4.88 Å². The molecule has 90 valence electrons. The van der Waals surface area contributed by atoms with Gasteiger partial charge in [-0.25, -0.2) is 8.42 Å². The first-order valence-corrected chi connectivity index (χ1v) is 6.74. The van der Waals surface area contributed by atoms with Crippen LogP contribution in [0, 0.1) is 0 Å². The standard InChI is InChI=1S/C8H7F3O3S2/c9-8(10,11)7(12)5-16(13,14)4-6-2-1-3-15-6/h1-3H,4-5H2. The first-order valence-electron chi connectivity index (χ1n) is 4.03. The fourth-order valence-electron chi connectivity index (χ4n) is 0.944. The minimum absolute atomic E-state index is 0.412. The third-order valence-electron chi connectivity index (χ3n) is 1.61. The van der Waals surface area contributed by atoms with E-state index < -0.39 is 33.3 Å². The van der Waals surface area contributed by atoms with Crippen molar-refractivity contribution < 1.29 is 26.4 Å². The molecule has 1 aromatic heterocycles. The second kappa shape index (κ2) is 4.54. The average Bonchev–Trinajstić information content (AvgIpc) is 2.52. The predicted molar refractivity (Wildman–Crippen MR) is 52.9 cm³/mol. The van der Waals surface area contributed by atoms with Gasteiger partial charge in [0.15, 0.2) is 9.84 Å². The molecule has 1 heterocycles. The van der Waals surface area contributed by atoms with E-state index in [4.69, 9.17) is 0 Å². The molecule has 16 heavy (non-hydrogen) atoms. The normalized spacial score (nSPS) is 12.7.